The van der Waals surface area contributed by atoms with Crippen molar-refractivity contribution in [2.24, 2.45) is 0 Å². The minimum Gasteiger partial charge on any atom is -0.433 e. The van der Waals surface area contributed by atoms with Gasteiger partial charge in [-0.1, -0.05) is 18.2 Å². The maximum Gasteiger partial charge on any atom is 0.387 e. The Balaban J connectivity index is 1.93. The van der Waals surface area contributed by atoms with Gasteiger partial charge in [0, 0.05) is 19.1 Å². The first-order valence-electron chi connectivity index (χ1n) is 7.83. The summed E-state index contributed by atoms with van der Waals surface area (Å²) in [5.41, 5.74) is 0.602. The van der Waals surface area contributed by atoms with E-state index in [1.807, 2.05) is 4.90 Å². The number of halogens is 2. The molecule has 0 saturated carbocycles. The van der Waals surface area contributed by atoms with Gasteiger partial charge < -0.3 is 19.7 Å². The summed E-state index contributed by atoms with van der Waals surface area (Å²) in [7, 11) is 0. The molecule has 7 heteroatoms. The molecule has 1 aliphatic rings. The van der Waals surface area contributed by atoms with Crippen molar-refractivity contribution in [3.05, 3.63) is 36.9 Å². The molecule has 24 heavy (non-hydrogen) atoms. The predicted molar refractivity (Wildman–Crippen MR) is 87.4 cm³/mol. The standard InChI is InChI=1S/C17H22F2N2O3/c1-3-10-23-12(2)16(22)20-13-8-9-21(11-13)14-6-4-5-7-15(14)24-17(18)19/h3-7,12-13,17H,1,8-11H2,2H3,(H,20,22)/t12-,13-/m1/s1. The van der Waals surface area contributed by atoms with E-state index >= 15 is 0 Å². The summed E-state index contributed by atoms with van der Waals surface area (Å²) in [4.78, 5) is 14.0. The van der Waals surface area contributed by atoms with Crippen LogP contribution in [0.5, 0.6) is 5.75 Å². The molecule has 1 heterocycles. The van der Waals surface area contributed by atoms with Crippen LogP contribution in [0.3, 0.4) is 0 Å². The van der Waals surface area contributed by atoms with E-state index in [1.54, 1.807) is 31.2 Å². The van der Waals surface area contributed by atoms with Gasteiger partial charge in [0.25, 0.3) is 0 Å². The summed E-state index contributed by atoms with van der Waals surface area (Å²) in [6.45, 7) is 3.84. The van der Waals surface area contributed by atoms with Crippen molar-refractivity contribution in [3.63, 3.8) is 0 Å². The zero-order valence-corrected chi connectivity index (χ0v) is 13.6. The fraction of sp³-hybridized carbons (Fsp3) is 0.471. The molecule has 0 aromatic heterocycles. The number of carbonyl (C=O) groups excluding carboxylic acids is 1. The number of nitrogens with zero attached hydrogens (tertiary/aromatic N) is 1. The summed E-state index contributed by atoms with van der Waals surface area (Å²) in [5.74, 6) is -0.0528. The molecular weight excluding hydrogens is 318 g/mol. The fourth-order valence-corrected chi connectivity index (χ4v) is 2.62. The summed E-state index contributed by atoms with van der Waals surface area (Å²) < 4.78 is 34.9. The van der Waals surface area contributed by atoms with Crippen molar-refractivity contribution in [1.82, 2.24) is 5.32 Å². The van der Waals surface area contributed by atoms with E-state index in [0.29, 0.717) is 25.4 Å². The third-order valence-electron chi connectivity index (χ3n) is 3.79. The van der Waals surface area contributed by atoms with E-state index in [4.69, 9.17) is 4.74 Å². The number of hydrogen-bond acceptors (Lipinski definition) is 4. The Hall–Kier alpha value is -2.15. The molecule has 1 amide bonds. The van der Waals surface area contributed by atoms with Crippen molar-refractivity contribution in [2.75, 3.05) is 24.6 Å². The number of ether oxygens (including phenoxy) is 2. The molecule has 5 nitrogen and oxygen atoms in total. The highest BCUT2D eigenvalue weighted by atomic mass is 19.3. The minimum absolute atomic E-state index is 0.0631. The smallest absolute Gasteiger partial charge is 0.387 e. The number of para-hydroxylation sites is 2. The van der Waals surface area contributed by atoms with Gasteiger partial charge in [0.1, 0.15) is 11.9 Å². The molecule has 0 spiro atoms. The molecule has 1 fully saturated rings. The third-order valence-corrected chi connectivity index (χ3v) is 3.79. The maximum absolute atomic E-state index is 12.5. The first kappa shape index (κ1) is 18.2. The Kier molecular flexibility index (Phi) is 6.54. The SMILES string of the molecule is C=CCO[C@H](C)C(=O)N[C@@H]1CCN(c2ccccc2OC(F)F)C1. The average Bonchev–Trinajstić information content (AvgIpc) is 3.00. The highest BCUT2D eigenvalue weighted by Crippen LogP contribution is 2.31. The molecule has 0 radical (unpaired) electrons. The van der Waals surface area contributed by atoms with E-state index in [9.17, 15) is 13.6 Å². The molecule has 1 aliphatic heterocycles. The number of rotatable bonds is 8. The minimum atomic E-state index is -2.87. The number of amides is 1. The molecule has 132 valence electrons. The van der Waals surface area contributed by atoms with Gasteiger partial charge in [-0.2, -0.15) is 8.78 Å². The molecule has 2 rings (SSSR count). The van der Waals surface area contributed by atoms with Crippen molar-refractivity contribution in [3.8, 4) is 5.75 Å². The quantitative estimate of drug-likeness (QED) is 0.739. The molecule has 1 saturated heterocycles. The van der Waals surface area contributed by atoms with Crippen LogP contribution in [0.1, 0.15) is 13.3 Å². The number of benzene rings is 1. The molecule has 1 aromatic rings. The van der Waals surface area contributed by atoms with Gasteiger partial charge in [-0.3, -0.25) is 4.79 Å². The van der Waals surface area contributed by atoms with E-state index in [0.717, 1.165) is 6.42 Å². The molecule has 2 atom stereocenters. The predicted octanol–water partition coefficient (Wildman–Crippen LogP) is 2.57. The van der Waals surface area contributed by atoms with E-state index in [1.165, 1.54) is 6.07 Å². The first-order valence-corrected chi connectivity index (χ1v) is 7.83. The van der Waals surface area contributed by atoms with Crippen LogP contribution >= 0.6 is 0 Å². The van der Waals surface area contributed by atoms with Gasteiger partial charge in [-0.15, -0.1) is 6.58 Å². The first-order chi connectivity index (χ1) is 11.5. The lowest BCUT2D eigenvalue weighted by Gasteiger charge is -2.22. The summed E-state index contributed by atoms with van der Waals surface area (Å²) in [6, 6.07) is 6.60. The van der Waals surface area contributed by atoms with Gasteiger partial charge >= 0.3 is 6.61 Å². The molecule has 0 unspecified atom stereocenters. The number of nitrogens with one attached hydrogen (secondary N) is 1. The second kappa shape index (κ2) is 8.63. The highest BCUT2D eigenvalue weighted by Gasteiger charge is 2.27. The van der Waals surface area contributed by atoms with Crippen molar-refractivity contribution >= 4 is 11.6 Å². The lowest BCUT2D eigenvalue weighted by Crippen LogP contribution is -2.42. The van der Waals surface area contributed by atoms with Crippen molar-refractivity contribution in [1.29, 1.82) is 0 Å². The number of alkyl halides is 2. The lowest BCUT2D eigenvalue weighted by atomic mass is 10.2. The fourth-order valence-electron chi connectivity index (χ4n) is 2.62. The molecule has 1 N–H and O–H groups in total. The maximum atomic E-state index is 12.5. The zero-order valence-electron chi connectivity index (χ0n) is 13.6. The number of carbonyl (C=O) groups is 1. The van der Waals surface area contributed by atoms with E-state index in [-0.39, 0.29) is 17.7 Å². The molecule has 1 aromatic carbocycles. The van der Waals surface area contributed by atoms with Gasteiger partial charge in [0.2, 0.25) is 5.91 Å². The average molecular weight is 340 g/mol. The van der Waals surface area contributed by atoms with Crippen LogP contribution in [0.4, 0.5) is 14.5 Å². The van der Waals surface area contributed by atoms with Crippen LogP contribution in [0.25, 0.3) is 0 Å². The topological polar surface area (TPSA) is 50.8 Å². The number of hydrogen-bond donors (Lipinski definition) is 1. The number of anilines is 1. The van der Waals surface area contributed by atoms with Crippen molar-refractivity contribution < 1.29 is 23.0 Å². The van der Waals surface area contributed by atoms with Gasteiger partial charge in [-0.05, 0) is 25.5 Å². The van der Waals surface area contributed by atoms with Crippen LogP contribution in [0.2, 0.25) is 0 Å². The summed E-state index contributed by atoms with van der Waals surface area (Å²) in [6.07, 6.45) is 1.75. The molecule has 0 aliphatic carbocycles. The van der Waals surface area contributed by atoms with Crippen LogP contribution in [-0.2, 0) is 9.53 Å². The normalized spacial score (nSPS) is 18.5. The van der Waals surface area contributed by atoms with Gasteiger partial charge in [0.15, 0.2) is 0 Å². The van der Waals surface area contributed by atoms with Gasteiger partial charge in [0.05, 0.1) is 12.3 Å². The van der Waals surface area contributed by atoms with Crippen molar-refractivity contribution in [2.45, 2.75) is 32.1 Å². The van der Waals surface area contributed by atoms with Crippen LogP contribution in [-0.4, -0.2) is 44.4 Å². The summed E-state index contributed by atoms with van der Waals surface area (Å²) in [5, 5.41) is 2.92. The Morgan fingerprint density at radius 3 is 2.96 bits per heavy atom. The Labute approximate surface area is 140 Å². The van der Waals surface area contributed by atoms with Crippen LogP contribution < -0.4 is 15.0 Å². The Morgan fingerprint density at radius 2 is 2.25 bits per heavy atom. The van der Waals surface area contributed by atoms with Crippen LogP contribution in [0.15, 0.2) is 36.9 Å². The Bertz CT molecular complexity index is 569. The largest absolute Gasteiger partial charge is 0.433 e. The lowest BCUT2D eigenvalue weighted by molar-refractivity contribution is -0.131. The molecular formula is C17H22F2N2O3. The summed E-state index contributed by atoms with van der Waals surface area (Å²) >= 11 is 0. The monoisotopic (exact) mass is 340 g/mol. The zero-order chi connectivity index (χ0) is 17.5. The third kappa shape index (κ3) is 4.92. The van der Waals surface area contributed by atoms with Gasteiger partial charge in [-0.25, -0.2) is 0 Å². The van der Waals surface area contributed by atoms with E-state index in [2.05, 4.69) is 16.6 Å². The second-order valence-electron chi connectivity index (χ2n) is 5.55. The van der Waals surface area contributed by atoms with E-state index < -0.39 is 12.7 Å². The molecule has 0 bridgehead atoms. The highest BCUT2D eigenvalue weighted by molar-refractivity contribution is 5.80. The Morgan fingerprint density at radius 1 is 1.50 bits per heavy atom. The second-order valence-corrected chi connectivity index (χ2v) is 5.55. The van der Waals surface area contributed by atoms with Crippen LogP contribution in [0, 0.1) is 0 Å².